The first-order valence-electron chi connectivity index (χ1n) is 8.45. The molecule has 2 fully saturated rings. The van der Waals surface area contributed by atoms with Crippen molar-refractivity contribution in [3.63, 3.8) is 0 Å². The first kappa shape index (κ1) is 16.3. The van der Waals surface area contributed by atoms with E-state index in [9.17, 15) is 0 Å². The summed E-state index contributed by atoms with van der Waals surface area (Å²) in [5.74, 6) is 0. The molecule has 2 atom stereocenters. The van der Waals surface area contributed by atoms with Gasteiger partial charge in [-0.3, -0.25) is 0 Å². The van der Waals surface area contributed by atoms with Crippen LogP contribution < -0.4 is 0 Å². The third kappa shape index (κ3) is 3.76. The van der Waals surface area contributed by atoms with Crippen LogP contribution in [0.3, 0.4) is 0 Å². The Hall–Kier alpha value is -0.0800. The van der Waals surface area contributed by atoms with Crippen molar-refractivity contribution in [3.8, 4) is 0 Å². The van der Waals surface area contributed by atoms with Crippen molar-refractivity contribution in [2.75, 3.05) is 13.1 Å². The van der Waals surface area contributed by atoms with Gasteiger partial charge in [-0.25, -0.2) is 0 Å². The van der Waals surface area contributed by atoms with Gasteiger partial charge >= 0.3 is 0 Å². The second kappa shape index (κ2) is 5.28. The van der Waals surface area contributed by atoms with E-state index >= 15 is 0 Å². The highest BCUT2D eigenvalue weighted by Crippen LogP contribution is 2.56. The van der Waals surface area contributed by atoms with Crippen LogP contribution in [0.5, 0.6) is 0 Å². The molecule has 1 saturated heterocycles. The van der Waals surface area contributed by atoms with Crippen LogP contribution in [0.1, 0.15) is 74.1 Å². The normalized spacial score (nSPS) is 28.6. The summed E-state index contributed by atoms with van der Waals surface area (Å²) in [5, 5.41) is 0. The van der Waals surface area contributed by atoms with Crippen LogP contribution in [0, 0.1) is 10.8 Å². The fourth-order valence-electron chi connectivity index (χ4n) is 3.87. The molecular weight excluding hydrogens is 246 g/mol. The monoisotopic (exact) mass is 281 g/mol. The first-order valence-corrected chi connectivity index (χ1v) is 8.45. The van der Waals surface area contributed by atoms with E-state index in [2.05, 4.69) is 53.4 Å². The van der Waals surface area contributed by atoms with E-state index in [1.807, 2.05) is 0 Å². The summed E-state index contributed by atoms with van der Waals surface area (Å²) in [6.45, 7) is 18.5. The van der Waals surface area contributed by atoms with E-state index in [4.69, 9.17) is 4.74 Å². The third-order valence-electron chi connectivity index (χ3n) is 4.91. The van der Waals surface area contributed by atoms with Gasteiger partial charge in [0.15, 0.2) is 0 Å². The van der Waals surface area contributed by atoms with E-state index in [1.54, 1.807) is 0 Å². The molecule has 0 aromatic rings. The molecule has 1 aliphatic carbocycles. The number of hydrogen-bond acceptors (Lipinski definition) is 2. The lowest BCUT2D eigenvalue weighted by molar-refractivity contribution is -0.142. The van der Waals surface area contributed by atoms with Crippen molar-refractivity contribution >= 4 is 0 Å². The zero-order valence-electron chi connectivity index (χ0n) is 14.8. The highest BCUT2D eigenvalue weighted by Gasteiger charge is 2.56. The summed E-state index contributed by atoms with van der Waals surface area (Å²) in [4.78, 5) is 2.71. The molecule has 0 amide bonds. The van der Waals surface area contributed by atoms with E-state index < -0.39 is 0 Å². The number of hydrogen-bond donors (Lipinski definition) is 0. The van der Waals surface area contributed by atoms with E-state index in [1.165, 1.54) is 38.8 Å². The van der Waals surface area contributed by atoms with Crippen LogP contribution in [-0.2, 0) is 4.74 Å². The Kier molecular flexibility index (Phi) is 4.30. The molecule has 2 nitrogen and oxygen atoms in total. The largest absolute Gasteiger partial charge is 0.371 e. The molecule has 2 rings (SSSR count). The molecule has 118 valence electrons. The standard InChI is InChI=1S/C18H35NO/c1-14-9-8-12-19(14)13-18(10-11-18)15(16(2,3)4)20-17(5,6)7/h14-15H,8-13H2,1-7H3/t14-,15?/m0/s1. The van der Waals surface area contributed by atoms with Crippen molar-refractivity contribution in [1.82, 2.24) is 4.90 Å². The van der Waals surface area contributed by atoms with Gasteiger partial charge in [0.25, 0.3) is 0 Å². The van der Waals surface area contributed by atoms with Gasteiger partial charge in [-0.1, -0.05) is 20.8 Å². The molecule has 1 saturated carbocycles. The molecule has 2 aliphatic rings. The number of nitrogens with zero attached hydrogens (tertiary/aromatic N) is 1. The van der Waals surface area contributed by atoms with E-state index in [0.29, 0.717) is 11.5 Å². The van der Waals surface area contributed by atoms with Gasteiger partial charge in [0.05, 0.1) is 11.7 Å². The lowest BCUT2D eigenvalue weighted by Gasteiger charge is -2.43. The van der Waals surface area contributed by atoms with Crippen molar-refractivity contribution in [1.29, 1.82) is 0 Å². The Morgan fingerprint density at radius 2 is 1.75 bits per heavy atom. The fourth-order valence-corrected chi connectivity index (χ4v) is 3.87. The summed E-state index contributed by atoms with van der Waals surface area (Å²) >= 11 is 0. The van der Waals surface area contributed by atoms with Gasteiger partial charge in [0.1, 0.15) is 0 Å². The molecule has 1 aliphatic heterocycles. The van der Waals surface area contributed by atoms with Crippen LogP contribution in [0.2, 0.25) is 0 Å². The second-order valence-corrected chi connectivity index (χ2v) is 9.30. The first-order chi connectivity index (χ1) is 9.04. The van der Waals surface area contributed by atoms with Crippen LogP contribution in [0.15, 0.2) is 0 Å². The SMILES string of the molecule is C[C@H]1CCCN1CC1(C(OC(C)(C)C)C(C)(C)C)CC1. The summed E-state index contributed by atoms with van der Waals surface area (Å²) in [5.41, 5.74) is 0.570. The number of ether oxygens (including phenoxy) is 1. The van der Waals surface area contributed by atoms with Gasteiger partial charge in [-0.05, 0) is 65.3 Å². The molecule has 0 N–H and O–H groups in total. The lowest BCUT2D eigenvalue weighted by Crippen LogP contribution is -2.48. The molecule has 0 aromatic carbocycles. The summed E-state index contributed by atoms with van der Waals surface area (Å²) in [6, 6.07) is 0.766. The second-order valence-electron chi connectivity index (χ2n) is 9.30. The molecule has 0 bridgehead atoms. The van der Waals surface area contributed by atoms with Crippen molar-refractivity contribution in [2.45, 2.75) is 91.9 Å². The smallest absolute Gasteiger partial charge is 0.0698 e. The number of rotatable bonds is 4. The molecule has 2 heteroatoms. The van der Waals surface area contributed by atoms with Crippen LogP contribution in [-0.4, -0.2) is 35.7 Å². The Labute approximate surface area is 126 Å². The maximum atomic E-state index is 6.55. The summed E-state index contributed by atoms with van der Waals surface area (Å²) < 4.78 is 6.55. The maximum Gasteiger partial charge on any atom is 0.0698 e. The fraction of sp³-hybridized carbons (Fsp3) is 1.00. The predicted molar refractivity (Wildman–Crippen MR) is 86.0 cm³/mol. The molecule has 1 unspecified atom stereocenters. The van der Waals surface area contributed by atoms with Gasteiger partial charge in [0.2, 0.25) is 0 Å². The minimum Gasteiger partial charge on any atom is -0.371 e. The quantitative estimate of drug-likeness (QED) is 0.753. The van der Waals surface area contributed by atoms with Gasteiger partial charge in [0, 0.05) is 18.0 Å². The van der Waals surface area contributed by atoms with Gasteiger partial charge < -0.3 is 9.64 Å². The topological polar surface area (TPSA) is 12.5 Å². The third-order valence-corrected chi connectivity index (χ3v) is 4.91. The van der Waals surface area contributed by atoms with Gasteiger partial charge in [-0.2, -0.15) is 0 Å². The summed E-state index contributed by atoms with van der Waals surface area (Å²) in [7, 11) is 0. The van der Waals surface area contributed by atoms with Crippen LogP contribution in [0.4, 0.5) is 0 Å². The molecule has 0 radical (unpaired) electrons. The highest BCUT2D eigenvalue weighted by molar-refractivity contribution is 5.06. The van der Waals surface area contributed by atoms with Crippen LogP contribution >= 0.6 is 0 Å². The minimum absolute atomic E-state index is 0.0514. The van der Waals surface area contributed by atoms with E-state index in [0.717, 1.165) is 6.04 Å². The molecular formula is C18H35NO. The Morgan fingerprint density at radius 1 is 1.15 bits per heavy atom. The van der Waals surface area contributed by atoms with Gasteiger partial charge in [-0.15, -0.1) is 0 Å². The Bertz CT molecular complexity index is 332. The molecule has 20 heavy (non-hydrogen) atoms. The maximum absolute atomic E-state index is 6.55. The zero-order chi connectivity index (χ0) is 15.2. The van der Waals surface area contributed by atoms with Crippen LogP contribution in [0.25, 0.3) is 0 Å². The minimum atomic E-state index is -0.0514. The molecule has 1 heterocycles. The Morgan fingerprint density at radius 3 is 2.10 bits per heavy atom. The lowest BCUT2D eigenvalue weighted by atomic mass is 9.78. The average molecular weight is 281 g/mol. The zero-order valence-corrected chi connectivity index (χ0v) is 14.8. The van der Waals surface area contributed by atoms with Crippen molar-refractivity contribution < 1.29 is 4.74 Å². The average Bonchev–Trinajstić information content (AvgIpc) is 2.92. The highest BCUT2D eigenvalue weighted by atomic mass is 16.5. The summed E-state index contributed by atoms with van der Waals surface area (Å²) in [6.07, 6.45) is 5.79. The van der Waals surface area contributed by atoms with E-state index in [-0.39, 0.29) is 11.0 Å². The predicted octanol–water partition coefficient (Wildman–Crippen LogP) is 4.48. The van der Waals surface area contributed by atoms with Crippen molar-refractivity contribution in [3.05, 3.63) is 0 Å². The van der Waals surface area contributed by atoms with Crippen molar-refractivity contribution in [2.24, 2.45) is 10.8 Å². The number of likely N-dealkylation sites (tertiary alicyclic amines) is 1. The molecule has 0 aromatic heterocycles. The Balaban J connectivity index is 2.11. The molecule has 0 spiro atoms.